The summed E-state index contributed by atoms with van der Waals surface area (Å²) in [6, 6.07) is 6.97. The molecule has 0 aliphatic rings. The Morgan fingerprint density at radius 1 is 1.19 bits per heavy atom. The van der Waals surface area contributed by atoms with E-state index in [0.29, 0.717) is 11.1 Å². The molecular formula is C17H10ClF3N2O3. The molecule has 5 nitrogen and oxygen atoms in total. The molecule has 0 bridgehead atoms. The summed E-state index contributed by atoms with van der Waals surface area (Å²) in [7, 11) is 0. The number of carboxylic acid groups (broad SMARTS) is 1. The SMILES string of the molecule is Cc1nn(C(=O)c2c(Cl)cccc2C(F)(F)F)c2cc(C(=O)O)ccc12. The number of rotatable bonds is 2. The summed E-state index contributed by atoms with van der Waals surface area (Å²) in [6.07, 6.45) is -4.79. The number of nitrogens with zero attached hydrogens (tertiary/aromatic N) is 2. The van der Waals surface area contributed by atoms with Gasteiger partial charge in [0, 0.05) is 5.39 Å². The number of halogens is 4. The van der Waals surface area contributed by atoms with Crippen molar-refractivity contribution in [2.24, 2.45) is 0 Å². The zero-order valence-electron chi connectivity index (χ0n) is 13.1. The third-order valence-corrected chi connectivity index (χ3v) is 4.15. The number of alkyl halides is 3. The van der Waals surface area contributed by atoms with Crippen LogP contribution in [0.4, 0.5) is 13.2 Å². The van der Waals surface area contributed by atoms with Gasteiger partial charge in [0.05, 0.1) is 32.9 Å². The van der Waals surface area contributed by atoms with Gasteiger partial charge in [0.2, 0.25) is 0 Å². The summed E-state index contributed by atoms with van der Waals surface area (Å²) in [5.41, 5.74) is -1.61. The van der Waals surface area contributed by atoms with Crippen LogP contribution < -0.4 is 0 Å². The molecule has 0 atom stereocenters. The minimum atomic E-state index is -4.79. The lowest BCUT2D eigenvalue weighted by Gasteiger charge is -2.13. The zero-order valence-corrected chi connectivity index (χ0v) is 13.9. The summed E-state index contributed by atoms with van der Waals surface area (Å²) >= 11 is 5.86. The van der Waals surface area contributed by atoms with Crippen LogP contribution in [0, 0.1) is 6.92 Å². The van der Waals surface area contributed by atoms with Crippen LogP contribution in [0.2, 0.25) is 5.02 Å². The molecule has 0 radical (unpaired) electrons. The van der Waals surface area contributed by atoms with Crippen molar-refractivity contribution in [3.05, 3.63) is 63.8 Å². The van der Waals surface area contributed by atoms with Gasteiger partial charge in [-0.25, -0.2) is 4.79 Å². The number of carbonyl (C=O) groups excluding carboxylic acids is 1. The first kappa shape index (κ1) is 17.9. The minimum Gasteiger partial charge on any atom is -0.478 e. The second kappa shape index (κ2) is 6.14. The fraction of sp³-hybridized carbons (Fsp3) is 0.118. The Morgan fingerprint density at radius 2 is 1.88 bits per heavy atom. The molecule has 3 aromatic rings. The molecule has 1 aromatic heterocycles. The number of aryl methyl sites for hydroxylation is 1. The predicted molar refractivity (Wildman–Crippen MR) is 87.6 cm³/mol. The van der Waals surface area contributed by atoms with E-state index >= 15 is 0 Å². The maximum Gasteiger partial charge on any atom is 0.417 e. The Hall–Kier alpha value is -2.87. The number of carbonyl (C=O) groups is 2. The average molecular weight is 383 g/mol. The van der Waals surface area contributed by atoms with Crippen molar-refractivity contribution in [1.82, 2.24) is 9.78 Å². The number of hydrogen-bond donors (Lipinski definition) is 1. The molecule has 0 fully saturated rings. The van der Waals surface area contributed by atoms with E-state index in [1.807, 2.05) is 0 Å². The number of aromatic nitrogens is 2. The Labute approximate surface area is 149 Å². The fourth-order valence-corrected chi connectivity index (χ4v) is 2.90. The van der Waals surface area contributed by atoms with Gasteiger partial charge < -0.3 is 5.11 Å². The molecule has 1 heterocycles. The molecular weight excluding hydrogens is 373 g/mol. The van der Waals surface area contributed by atoms with E-state index in [1.54, 1.807) is 6.92 Å². The van der Waals surface area contributed by atoms with Crippen LogP contribution in [0.15, 0.2) is 36.4 Å². The summed E-state index contributed by atoms with van der Waals surface area (Å²) in [4.78, 5) is 24.0. The molecule has 2 aromatic carbocycles. The maximum absolute atomic E-state index is 13.3. The predicted octanol–water partition coefficient (Wildman–Crippen LogP) is 4.40. The van der Waals surface area contributed by atoms with E-state index in [2.05, 4.69) is 5.10 Å². The minimum absolute atomic E-state index is 0.0837. The van der Waals surface area contributed by atoms with Gasteiger partial charge in [0.15, 0.2) is 0 Å². The maximum atomic E-state index is 13.3. The lowest BCUT2D eigenvalue weighted by molar-refractivity contribution is -0.137. The number of carboxylic acids is 1. The first-order valence-electron chi connectivity index (χ1n) is 7.24. The first-order valence-corrected chi connectivity index (χ1v) is 7.62. The molecule has 0 saturated heterocycles. The Bertz CT molecular complexity index is 1060. The van der Waals surface area contributed by atoms with Gasteiger partial charge >= 0.3 is 12.1 Å². The highest BCUT2D eigenvalue weighted by molar-refractivity contribution is 6.34. The quantitative estimate of drug-likeness (QED) is 0.713. The topological polar surface area (TPSA) is 72.2 Å². The molecule has 9 heteroatoms. The Morgan fingerprint density at radius 3 is 2.50 bits per heavy atom. The molecule has 0 saturated carbocycles. The summed E-state index contributed by atoms with van der Waals surface area (Å²) in [6.45, 7) is 1.56. The number of fused-ring (bicyclic) bond motifs is 1. The molecule has 1 N–H and O–H groups in total. The van der Waals surface area contributed by atoms with Crippen LogP contribution in [0.5, 0.6) is 0 Å². The monoisotopic (exact) mass is 382 g/mol. The van der Waals surface area contributed by atoms with Crippen molar-refractivity contribution < 1.29 is 27.9 Å². The third-order valence-electron chi connectivity index (χ3n) is 3.84. The van der Waals surface area contributed by atoms with Crippen LogP contribution in [0.3, 0.4) is 0 Å². The van der Waals surface area contributed by atoms with Crippen LogP contribution in [0.1, 0.15) is 32.0 Å². The standard InChI is InChI=1S/C17H10ClF3N2O3/c1-8-10-6-5-9(16(25)26)7-13(10)23(22-8)15(24)14-11(17(19,20)21)3-2-4-12(14)18/h2-7H,1H3,(H,25,26). The molecule has 0 aliphatic heterocycles. The van der Waals surface area contributed by atoms with Gasteiger partial charge in [-0.05, 0) is 31.2 Å². The Kier molecular flexibility index (Phi) is 4.23. The van der Waals surface area contributed by atoms with Crippen LogP contribution in [0.25, 0.3) is 10.9 Å². The van der Waals surface area contributed by atoms with Gasteiger partial charge in [-0.3, -0.25) is 4.79 Å². The Balaban J connectivity index is 2.27. The van der Waals surface area contributed by atoms with Crippen LogP contribution in [-0.4, -0.2) is 26.8 Å². The second-order valence-corrected chi connectivity index (χ2v) is 5.91. The summed E-state index contributed by atoms with van der Waals surface area (Å²) in [5.74, 6) is -2.33. The van der Waals surface area contributed by atoms with Crippen molar-refractivity contribution in [2.45, 2.75) is 13.1 Å². The third kappa shape index (κ3) is 2.92. The molecule has 0 unspecified atom stereocenters. The normalized spacial score (nSPS) is 11.7. The average Bonchev–Trinajstić information content (AvgIpc) is 2.89. The number of benzene rings is 2. The number of aromatic carboxylic acids is 1. The summed E-state index contributed by atoms with van der Waals surface area (Å²) in [5, 5.41) is 13.2. The molecule has 26 heavy (non-hydrogen) atoms. The van der Waals surface area contributed by atoms with Crippen LogP contribution >= 0.6 is 11.6 Å². The second-order valence-electron chi connectivity index (χ2n) is 5.50. The molecule has 0 spiro atoms. The lowest BCUT2D eigenvalue weighted by Crippen LogP contribution is -2.20. The molecule has 3 rings (SSSR count). The van der Waals surface area contributed by atoms with E-state index in [-0.39, 0.29) is 16.1 Å². The van der Waals surface area contributed by atoms with E-state index in [9.17, 15) is 22.8 Å². The van der Waals surface area contributed by atoms with Crippen molar-refractivity contribution in [3.8, 4) is 0 Å². The highest BCUT2D eigenvalue weighted by Crippen LogP contribution is 2.36. The first-order chi connectivity index (χ1) is 12.1. The van der Waals surface area contributed by atoms with Gasteiger partial charge in [-0.1, -0.05) is 23.7 Å². The van der Waals surface area contributed by atoms with E-state index in [1.165, 1.54) is 24.3 Å². The van der Waals surface area contributed by atoms with Crippen molar-refractivity contribution in [1.29, 1.82) is 0 Å². The van der Waals surface area contributed by atoms with E-state index < -0.39 is 29.2 Å². The van der Waals surface area contributed by atoms with Gasteiger partial charge in [0.1, 0.15) is 0 Å². The van der Waals surface area contributed by atoms with Crippen molar-refractivity contribution in [2.75, 3.05) is 0 Å². The van der Waals surface area contributed by atoms with Crippen molar-refractivity contribution in [3.63, 3.8) is 0 Å². The summed E-state index contributed by atoms with van der Waals surface area (Å²) < 4.78 is 40.6. The highest BCUT2D eigenvalue weighted by Gasteiger charge is 2.37. The number of hydrogen-bond acceptors (Lipinski definition) is 3. The fourth-order valence-electron chi connectivity index (χ4n) is 2.64. The smallest absolute Gasteiger partial charge is 0.417 e. The van der Waals surface area contributed by atoms with Crippen molar-refractivity contribution >= 4 is 34.4 Å². The van der Waals surface area contributed by atoms with E-state index in [4.69, 9.17) is 16.7 Å². The molecule has 134 valence electrons. The van der Waals surface area contributed by atoms with Crippen LogP contribution in [-0.2, 0) is 6.18 Å². The van der Waals surface area contributed by atoms with Gasteiger partial charge in [0.25, 0.3) is 5.91 Å². The van der Waals surface area contributed by atoms with Gasteiger partial charge in [-0.15, -0.1) is 0 Å². The molecule has 0 amide bonds. The highest BCUT2D eigenvalue weighted by atomic mass is 35.5. The largest absolute Gasteiger partial charge is 0.478 e. The zero-order chi connectivity index (χ0) is 19.2. The lowest BCUT2D eigenvalue weighted by atomic mass is 10.1. The van der Waals surface area contributed by atoms with Gasteiger partial charge in [-0.2, -0.15) is 23.0 Å². The van der Waals surface area contributed by atoms with E-state index in [0.717, 1.165) is 16.8 Å². The molecule has 0 aliphatic carbocycles.